The van der Waals surface area contributed by atoms with Gasteiger partial charge in [-0.05, 0) is 38.3 Å². The number of carbonyl (C=O) groups excluding carboxylic acids is 2. The third-order valence-corrected chi connectivity index (χ3v) is 6.03. The van der Waals surface area contributed by atoms with Crippen molar-refractivity contribution in [3.63, 3.8) is 0 Å². The minimum Gasteiger partial charge on any atom is -0.477 e. The lowest BCUT2D eigenvalue weighted by Crippen LogP contribution is -2.42. The van der Waals surface area contributed by atoms with Crippen LogP contribution in [-0.4, -0.2) is 28.8 Å². The lowest BCUT2D eigenvalue weighted by molar-refractivity contribution is -0.126. The van der Waals surface area contributed by atoms with Crippen LogP contribution in [0.5, 0.6) is 0 Å². The van der Waals surface area contributed by atoms with Crippen LogP contribution >= 0.6 is 11.3 Å². The molecule has 0 atom stereocenters. The van der Waals surface area contributed by atoms with Crippen LogP contribution in [0.3, 0.4) is 0 Å². The van der Waals surface area contributed by atoms with Crippen molar-refractivity contribution in [1.29, 1.82) is 0 Å². The number of carboxylic acids is 1. The summed E-state index contributed by atoms with van der Waals surface area (Å²) in [4.78, 5) is 39.2. The predicted molar refractivity (Wildman–Crippen MR) is 106 cm³/mol. The minimum atomic E-state index is -1.03. The molecule has 1 amide bonds. The number of ketones is 1. The van der Waals surface area contributed by atoms with Gasteiger partial charge in [-0.15, -0.1) is 11.3 Å². The van der Waals surface area contributed by atoms with Gasteiger partial charge < -0.3 is 10.0 Å². The zero-order chi connectivity index (χ0) is 19.6. The molecule has 3 rings (SSSR count). The van der Waals surface area contributed by atoms with E-state index in [9.17, 15) is 19.5 Å². The van der Waals surface area contributed by atoms with E-state index in [1.54, 1.807) is 11.0 Å². The minimum absolute atomic E-state index is 0.0857. The summed E-state index contributed by atoms with van der Waals surface area (Å²) in [7, 11) is 0. The zero-order valence-electron chi connectivity index (χ0n) is 15.5. The smallest absolute Gasteiger partial charge is 0.348 e. The van der Waals surface area contributed by atoms with E-state index in [1.165, 1.54) is 11.3 Å². The maximum Gasteiger partial charge on any atom is 0.348 e. The standard InChI is InChI=1S/C21H23NO4S/c1-13(2)22(20(24)15-8-10-16(23)11-9-15)17-12-18(27-19(17)21(25)26)14-6-4-3-5-7-14/h3-7,12-13,15H,8-11H2,1-2H3,(H,25,26). The van der Waals surface area contributed by atoms with Gasteiger partial charge in [0.1, 0.15) is 10.7 Å². The Morgan fingerprint density at radius 1 is 1.15 bits per heavy atom. The number of carbonyl (C=O) groups is 3. The molecule has 0 radical (unpaired) electrons. The van der Waals surface area contributed by atoms with E-state index < -0.39 is 5.97 Å². The number of rotatable bonds is 5. The van der Waals surface area contributed by atoms with Gasteiger partial charge in [0, 0.05) is 29.7 Å². The number of anilines is 1. The highest BCUT2D eigenvalue weighted by molar-refractivity contribution is 7.18. The van der Waals surface area contributed by atoms with Gasteiger partial charge in [-0.2, -0.15) is 0 Å². The zero-order valence-corrected chi connectivity index (χ0v) is 16.3. The number of thiophene rings is 1. The second kappa shape index (κ2) is 8.05. The Bertz CT molecular complexity index is 846. The number of nitrogens with zero attached hydrogens (tertiary/aromatic N) is 1. The first-order valence-electron chi connectivity index (χ1n) is 9.15. The summed E-state index contributed by atoms with van der Waals surface area (Å²) in [6.45, 7) is 3.77. The van der Waals surface area contributed by atoms with Gasteiger partial charge in [-0.25, -0.2) is 4.79 Å². The molecular weight excluding hydrogens is 362 g/mol. The lowest BCUT2D eigenvalue weighted by atomic mass is 9.87. The first-order valence-corrected chi connectivity index (χ1v) is 9.97. The number of benzene rings is 1. The van der Waals surface area contributed by atoms with Crippen LogP contribution < -0.4 is 4.90 Å². The third-order valence-electron chi connectivity index (χ3n) is 4.87. The first-order chi connectivity index (χ1) is 12.9. The van der Waals surface area contributed by atoms with Gasteiger partial charge in [-0.3, -0.25) is 9.59 Å². The largest absolute Gasteiger partial charge is 0.477 e. The summed E-state index contributed by atoms with van der Waals surface area (Å²) in [5.41, 5.74) is 1.37. The number of carboxylic acid groups (broad SMARTS) is 1. The molecule has 1 fully saturated rings. The SMILES string of the molecule is CC(C)N(C(=O)C1CCC(=O)CC1)c1cc(-c2ccccc2)sc1C(=O)O. The molecule has 6 heteroatoms. The molecule has 0 aliphatic heterocycles. The van der Waals surface area contributed by atoms with E-state index >= 15 is 0 Å². The predicted octanol–water partition coefficient (Wildman–Crippen LogP) is 4.61. The molecule has 1 saturated carbocycles. The average molecular weight is 385 g/mol. The Morgan fingerprint density at radius 3 is 2.33 bits per heavy atom. The van der Waals surface area contributed by atoms with Crippen molar-refractivity contribution in [1.82, 2.24) is 0 Å². The summed E-state index contributed by atoms with van der Waals surface area (Å²) in [5.74, 6) is -1.15. The highest BCUT2D eigenvalue weighted by Crippen LogP contribution is 2.39. The van der Waals surface area contributed by atoms with Gasteiger partial charge in [0.05, 0.1) is 5.69 Å². The molecule has 1 aromatic carbocycles. The molecule has 0 unspecified atom stereocenters. The van der Waals surface area contributed by atoms with Crippen molar-refractivity contribution in [3.8, 4) is 10.4 Å². The van der Waals surface area contributed by atoms with Gasteiger partial charge >= 0.3 is 5.97 Å². The van der Waals surface area contributed by atoms with Crippen LogP contribution in [0.2, 0.25) is 0 Å². The van der Waals surface area contributed by atoms with Gasteiger partial charge in [0.2, 0.25) is 5.91 Å². The highest BCUT2D eigenvalue weighted by Gasteiger charge is 2.33. The molecule has 2 aromatic rings. The molecule has 142 valence electrons. The van der Waals surface area contributed by atoms with Crippen LogP contribution in [0, 0.1) is 5.92 Å². The number of aromatic carboxylic acids is 1. The van der Waals surface area contributed by atoms with E-state index in [0.29, 0.717) is 31.4 Å². The molecule has 1 N–H and O–H groups in total. The topological polar surface area (TPSA) is 74.7 Å². The molecule has 1 aliphatic rings. The molecule has 5 nitrogen and oxygen atoms in total. The van der Waals surface area contributed by atoms with Crippen LogP contribution in [0.25, 0.3) is 10.4 Å². The second-order valence-electron chi connectivity index (χ2n) is 7.11. The average Bonchev–Trinajstić information content (AvgIpc) is 3.08. The van der Waals surface area contributed by atoms with Crippen LogP contribution in [0.15, 0.2) is 36.4 Å². The van der Waals surface area contributed by atoms with E-state index in [1.807, 2.05) is 44.2 Å². The fourth-order valence-corrected chi connectivity index (χ4v) is 4.49. The molecule has 0 bridgehead atoms. The fraction of sp³-hybridized carbons (Fsp3) is 0.381. The number of hydrogen-bond donors (Lipinski definition) is 1. The van der Waals surface area contributed by atoms with Crippen molar-refractivity contribution in [2.45, 2.75) is 45.6 Å². The summed E-state index contributed by atoms with van der Waals surface area (Å²) in [5, 5.41) is 9.71. The third kappa shape index (κ3) is 4.11. The summed E-state index contributed by atoms with van der Waals surface area (Å²) in [6, 6.07) is 11.2. The molecule has 1 aromatic heterocycles. The van der Waals surface area contributed by atoms with Crippen LogP contribution in [0.1, 0.15) is 49.2 Å². The van der Waals surface area contributed by atoms with Crippen LogP contribution in [0.4, 0.5) is 5.69 Å². The van der Waals surface area contributed by atoms with Crippen molar-refractivity contribution in [2.24, 2.45) is 5.92 Å². The maximum atomic E-state index is 13.2. The molecule has 0 saturated heterocycles. The van der Waals surface area contributed by atoms with Gasteiger partial charge in [0.25, 0.3) is 0 Å². The van der Waals surface area contributed by atoms with Crippen molar-refractivity contribution < 1.29 is 19.5 Å². The maximum absolute atomic E-state index is 13.2. The van der Waals surface area contributed by atoms with Gasteiger partial charge in [0.15, 0.2) is 0 Å². The van der Waals surface area contributed by atoms with E-state index in [2.05, 4.69) is 0 Å². The second-order valence-corrected chi connectivity index (χ2v) is 8.16. The molecule has 1 aliphatic carbocycles. The first kappa shape index (κ1) is 19.3. The number of hydrogen-bond acceptors (Lipinski definition) is 4. The van der Waals surface area contributed by atoms with Crippen LogP contribution in [-0.2, 0) is 9.59 Å². The summed E-state index contributed by atoms with van der Waals surface area (Å²) in [6.07, 6.45) is 1.93. The Kier molecular flexibility index (Phi) is 5.75. The van der Waals surface area contributed by atoms with Gasteiger partial charge in [-0.1, -0.05) is 30.3 Å². The Hall–Kier alpha value is -2.47. The quantitative estimate of drug-likeness (QED) is 0.815. The summed E-state index contributed by atoms with van der Waals surface area (Å²) >= 11 is 1.18. The number of Topliss-reactive ketones (excluding diaryl/α,β-unsaturated/α-hetero) is 1. The van der Waals surface area contributed by atoms with E-state index in [-0.39, 0.29) is 28.5 Å². The van der Waals surface area contributed by atoms with Crippen molar-refractivity contribution in [2.75, 3.05) is 4.90 Å². The molecular formula is C21H23NO4S. The van der Waals surface area contributed by atoms with E-state index in [4.69, 9.17) is 0 Å². The van der Waals surface area contributed by atoms with Crippen molar-refractivity contribution >= 4 is 34.7 Å². The molecule has 1 heterocycles. The van der Waals surface area contributed by atoms with E-state index in [0.717, 1.165) is 10.4 Å². The lowest BCUT2D eigenvalue weighted by Gasteiger charge is -2.31. The Labute approximate surface area is 162 Å². The van der Waals surface area contributed by atoms with Crippen molar-refractivity contribution in [3.05, 3.63) is 41.3 Å². The molecule has 27 heavy (non-hydrogen) atoms. The Balaban J connectivity index is 1.99. The molecule has 0 spiro atoms. The monoisotopic (exact) mass is 385 g/mol. The fourth-order valence-electron chi connectivity index (χ4n) is 3.49. The normalized spacial score (nSPS) is 15.1. The summed E-state index contributed by atoms with van der Waals surface area (Å²) < 4.78 is 0. The highest BCUT2D eigenvalue weighted by atomic mass is 32.1. The Morgan fingerprint density at radius 2 is 1.78 bits per heavy atom. The number of amides is 1.